The van der Waals surface area contributed by atoms with Gasteiger partial charge < -0.3 is 0 Å². The molecule has 1 atom stereocenters. The summed E-state index contributed by atoms with van der Waals surface area (Å²) in [5.41, 5.74) is 3.71. The van der Waals surface area contributed by atoms with Crippen LogP contribution in [-0.4, -0.2) is 6.04 Å². The van der Waals surface area contributed by atoms with Crippen molar-refractivity contribution in [3.05, 3.63) is 0 Å². The summed E-state index contributed by atoms with van der Waals surface area (Å²) in [5, 5.41) is 0. The molecule has 0 bridgehead atoms. The van der Waals surface area contributed by atoms with E-state index in [2.05, 4.69) is 33.1 Å². The number of rotatable bonds is 4. The molecule has 2 fully saturated rings. The molecule has 0 spiro atoms. The quantitative estimate of drug-likeness (QED) is 0.572. The van der Waals surface area contributed by atoms with Gasteiger partial charge in [0.1, 0.15) is 0 Å². The van der Waals surface area contributed by atoms with Crippen LogP contribution in [-0.2, 0) is 0 Å². The molecule has 2 aliphatic rings. The maximum Gasteiger partial charge on any atom is 0.0267 e. The maximum atomic E-state index is 5.97. The predicted octanol–water partition coefficient (Wildman–Crippen LogP) is 4.89. The maximum absolute atomic E-state index is 5.97. The molecule has 2 aliphatic carbocycles. The van der Waals surface area contributed by atoms with Gasteiger partial charge in [-0.2, -0.15) is 0 Å². The van der Waals surface area contributed by atoms with Gasteiger partial charge in [-0.25, -0.2) is 0 Å². The smallest absolute Gasteiger partial charge is 0.0267 e. The minimum atomic E-state index is 0.482. The van der Waals surface area contributed by atoms with Crippen LogP contribution in [0.5, 0.6) is 0 Å². The van der Waals surface area contributed by atoms with E-state index in [9.17, 15) is 0 Å². The number of nitrogens with one attached hydrogen (secondary N) is 1. The summed E-state index contributed by atoms with van der Waals surface area (Å²) in [6.45, 7) is 9.56. The standard InChI is InChI=1S/C19H38N2/c1-5-14-6-8-15(9-7-14)18(21-20)16-10-12-17(13-11-16)19(2,3)4/h14-18,21H,5-13,20H2,1-4H3. The molecule has 0 saturated heterocycles. The lowest BCUT2D eigenvalue weighted by Crippen LogP contribution is -2.48. The second kappa shape index (κ2) is 7.46. The van der Waals surface area contributed by atoms with Crippen molar-refractivity contribution >= 4 is 0 Å². The molecule has 0 aromatic heterocycles. The molecule has 21 heavy (non-hydrogen) atoms. The van der Waals surface area contributed by atoms with Gasteiger partial charge in [0, 0.05) is 6.04 Å². The molecule has 2 nitrogen and oxygen atoms in total. The monoisotopic (exact) mass is 294 g/mol. The van der Waals surface area contributed by atoms with E-state index >= 15 is 0 Å². The first-order valence-corrected chi connectivity index (χ1v) is 9.41. The molecular formula is C19H38N2. The van der Waals surface area contributed by atoms with E-state index in [1.165, 1.54) is 57.8 Å². The number of hydrazine groups is 1. The average Bonchev–Trinajstić information content (AvgIpc) is 2.48. The summed E-state index contributed by atoms with van der Waals surface area (Å²) in [7, 11) is 0. The van der Waals surface area contributed by atoms with Gasteiger partial charge in [0.15, 0.2) is 0 Å². The Balaban J connectivity index is 1.85. The average molecular weight is 295 g/mol. The van der Waals surface area contributed by atoms with E-state index in [1.54, 1.807) is 0 Å². The Bertz CT molecular complexity index is 291. The Labute approximate surface area is 132 Å². The largest absolute Gasteiger partial charge is 0.271 e. The molecule has 0 radical (unpaired) electrons. The third kappa shape index (κ3) is 4.45. The zero-order valence-electron chi connectivity index (χ0n) is 14.8. The zero-order chi connectivity index (χ0) is 15.5. The molecule has 124 valence electrons. The first-order chi connectivity index (χ1) is 9.95. The lowest BCUT2D eigenvalue weighted by molar-refractivity contribution is 0.101. The number of nitrogens with two attached hydrogens (primary N) is 1. The molecule has 3 N–H and O–H groups in total. The van der Waals surface area contributed by atoms with E-state index in [1.807, 2.05) is 0 Å². The lowest BCUT2D eigenvalue weighted by Gasteiger charge is -2.43. The van der Waals surface area contributed by atoms with Crippen LogP contribution >= 0.6 is 0 Å². The molecule has 0 heterocycles. The van der Waals surface area contributed by atoms with Crippen LogP contribution in [0, 0.1) is 29.1 Å². The molecule has 2 heteroatoms. The molecule has 0 aromatic rings. The van der Waals surface area contributed by atoms with Crippen molar-refractivity contribution < 1.29 is 0 Å². The van der Waals surface area contributed by atoms with Crippen molar-refractivity contribution in [3.8, 4) is 0 Å². The fraction of sp³-hybridized carbons (Fsp3) is 1.00. The van der Waals surface area contributed by atoms with Gasteiger partial charge in [0.05, 0.1) is 0 Å². The first-order valence-electron chi connectivity index (χ1n) is 9.41. The Kier molecular flexibility index (Phi) is 6.14. The van der Waals surface area contributed by atoms with E-state index < -0.39 is 0 Å². The number of hydrogen-bond donors (Lipinski definition) is 2. The van der Waals surface area contributed by atoms with Crippen molar-refractivity contribution in [3.63, 3.8) is 0 Å². The predicted molar refractivity (Wildman–Crippen MR) is 91.8 cm³/mol. The Morgan fingerprint density at radius 3 is 1.76 bits per heavy atom. The second-order valence-electron chi connectivity index (χ2n) is 8.86. The van der Waals surface area contributed by atoms with Crippen LogP contribution in [0.2, 0.25) is 0 Å². The molecule has 1 unspecified atom stereocenters. The Hall–Kier alpha value is -0.0800. The van der Waals surface area contributed by atoms with Crippen molar-refractivity contribution in [2.24, 2.45) is 34.9 Å². The fourth-order valence-electron chi connectivity index (χ4n) is 4.96. The Morgan fingerprint density at radius 2 is 1.38 bits per heavy atom. The number of hydrogen-bond acceptors (Lipinski definition) is 2. The highest BCUT2D eigenvalue weighted by Crippen LogP contribution is 2.43. The third-order valence-electron chi connectivity index (χ3n) is 6.67. The van der Waals surface area contributed by atoms with Crippen LogP contribution < -0.4 is 11.3 Å². The van der Waals surface area contributed by atoms with Crippen molar-refractivity contribution in [2.45, 2.75) is 91.5 Å². The molecule has 2 rings (SSSR count). The molecule has 2 saturated carbocycles. The summed E-state index contributed by atoms with van der Waals surface area (Å²) in [4.78, 5) is 0. The van der Waals surface area contributed by atoms with Gasteiger partial charge in [0.25, 0.3) is 0 Å². The molecular weight excluding hydrogens is 256 g/mol. The second-order valence-corrected chi connectivity index (χ2v) is 8.86. The summed E-state index contributed by atoms with van der Waals surface area (Å²) in [5.74, 6) is 9.50. The van der Waals surface area contributed by atoms with Crippen LogP contribution in [0.3, 0.4) is 0 Å². The molecule has 0 amide bonds. The minimum absolute atomic E-state index is 0.482. The van der Waals surface area contributed by atoms with Crippen LogP contribution in [0.15, 0.2) is 0 Å². The van der Waals surface area contributed by atoms with Crippen molar-refractivity contribution in [1.82, 2.24) is 5.43 Å². The molecule has 0 aromatic carbocycles. The van der Waals surface area contributed by atoms with E-state index in [0.717, 1.165) is 23.7 Å². The fourth-order valence-corrected chi connectivity index (χ4v) is 4.96. The lowest BCUT2D eigenvalue weighted by atomic mass is 9.66. The highest BCUT2D eigenvalue weighted by molar-refractivity contribution is 4.89. The SMILES string of the molecule is CCC1CCC(C(NN)C2CCC(C(C)(C)C)CC2)CC1. The normalized spacial score (nSPS) is 36.4. The van der Waals surface area contributed by atoms with Gasteiger partial charge >= 0.3 is 0 Å². The molecule has 0 aliphatic heterocycles. The highest BCUT2D eigenvalue weighted by atomic mass is 15.2. The van der Waals surface area contributed by atoms with Gasteiger partial charge in [-0.1, -0.05) is 47.0 Å². The topological polar surface area (TPSA) is 38.0 Å². The third-order valence-corrected chi connectivity index (χ3v) is 6.67. The first kappa shape index (κ1) is 17.3. The van der Waals surface area contributed by atoms with Crippen LogP contribution in [0.4, 0.5) is 0 Å². The summed E-state index contributed by atoms with van der Waals surface area (Å²) in [6, 6.07) is 0.573. The van der Waals surface area contributed by atoms with Crippen molar-refractivity contribution in [1.29, 1.82) is 0 Å². The summed E-state index contributed by atoms with van der Waals surface area (Å²) in [6.07, 6.45) is 12.6. The van der Waals surface area contributed by atoms with Crippen molar-refractivity contribution in [2.75, 3.05) is 0 Å². The van der Waals surface area contributed by atoms with Crippen LogP contribution in [0.25, 0.3) is 0 Å². The van der Waals surface area contributed by atoms with Gasteiger partial charge in [-0.3, -0.25) is 11.3 Å². The zero-order valence-corrected chi connectivity index (χ0v) is 14.8. The van der Waals surface area contributed by atoms with Crippen LogP contribution in [0.1, 0.15) is 85.5 Å². The van der Waals surface area contributed by atoms with E-state index in [4.69, 9.17) is 5.84 Å². The minimum Gasteiger partial charge on any atom is -0.271 e. The van der Waals surface area contributed by atoms with Gasteiger partial charge in [0.2, 0.25) is 0 Å². The van der Waals surface area contributed by atoms with E-state index in [0.29, 0.717) is 11.5 Å². The van der Waals surface area contributed by atoms with E-state index in [-0.39, 0.29) is 0 Å². The summed E-state index contributed by atoms with van der Waals surface area (Å²) < 4.78 is 0. The highest BCUT2D eigenvalue weighted by Gasteiger charge is 2.36. The summed E-state index contributed by atoms with van der Waals surface area (Å²) >= 11 is 0. The van der Waals surface area contributed by atoms with Gasteiger partial charge in [-0.05, 0) is 67.6 Å². The van der Waals surface area contributed by atoms with Gasteiger partial charge in [-0.15, -0.1) is 0 Å². The Morgan fingerprint density at radius 1 is 0.905 bits per heavy atom.